The van der Waals surface area contributed by atoms with Gasteiger partial charge in [0, 0.05) is 19.3 Å². The van der Waals surface area contributed by atoms with Crippen LogP contribution in [0.5, 0.6) is 0 Å². The summed E-state index contributed by atoms with van der Waals surface area (Å²) in [6.45, 7) is 2.06. The van der Waals surface area contributed by atoms with Crippen molar-refractivity contribution in [2.24, 2.45) is 0 Å². The molecule has 7 nitrogen and oxygen atoms in total. The van der Waals surface area contributed by atoms with E-state index in [4.69, 9.17) is 0 Å². The van der Waals surface area contributed by atoms with Crippen LogP contribution in [0.3, 0.4) is 0 Å². The normalized spacial score (nSPS) is 14.1. The fourth-order valence-corrected chi connectivity index (χ4v) is 3.33. The number of amides is 1. The average Bonchev–Trinajstić information content (AvgIpc) is 3.36. The molecule has 0 radical (unpaired) electrons. The SMILES string of the molecule is O=C(Nc1n[nH]c(-c2cccs2)n1)c1ccc(N2CCCC2)nc1. The summed E-state index contributed by atoms with van der Waals surface area (Å²) in [5, 5.41) is 11.5. The Hall–Kier alpha value is -2.74. The summed E-state index contributed by atoms with van der Waals surface area (Å²) in [5.41, 5.74) is 0.487. The first kappa shape index (κ1) is 14.8. The third kappa shape index (κ3) is 3.00. The Morgan fingerprint density at radius 2 is 2.12 bits per heavy atom. The molecule has 0 aromatic carbocycles. The van der Waals surface area contributed by atoms with E-state index < -0.39 is 0 Å². The number of nitrogens with one attached hydrogen (secondary N) is 2. The van der Waals surface area contributed by atoms with Crippen molar-refractivity contribution in [1.82, 2.24) is 20.2 Å². The van der Waals surface area contributed by atoms with Crippen LogP contribution in [0.25, 0.3) is 10.7 Å². The molecule has 4 heterocycles. The minimum atomic E-state index is -0.271. The van der Waals surface area contributed by atoms with Crippen LogP contribution in [-0.4, -0.2) is 39.2 Å². The van der Waals surface area contributed by atoms with Crippen LogP contribution in [0.2, 0.25) is 0 Å². The fourth-order valence-electron chi connectivity index (χ4n) is 2.67. The average molecular weight is 340 g/mol. The lowest BCUT2D eigenvalue weighted by Gasteiger charge is -2.15. The molecule has 8 heteroatoms. The first-order valence-corrected chi connectivity index (χ1v) is 8.66. The quantitative estimate of drug-likeness (QED) is 0.762. The van der Waals surface area contributed by atoms with E-state index in [1.165, 1.54) is 12.8 Å². The number of aromatic amines is 1. The molecular weight excluding hydrogens is 324 g/mol. The van der Waals surface area contributed by atoms with Crippen LogP contribution < -0.4 is 10.2 Å². The molecule has 1 fully saturated rings. The monoisotopic (exact) mass is 340 g/mol. The minimum absolute atomic E-state index is 0.256. The van der Waals surface area contributed by atoms with E-state index in [9.17, 15) is 4.79 Å². The maximum absolute atomic E-state index is 12.3. The van der Waals surface area contributed by atoms with Gasteiger partial charge in [0.05, 0.1) is 10.4 Å². The van der Waals surface area contributed by atoms with Gasteiger partial charge in [0.2, 0.25) is 5.95 Å². The van der Waals surface area contributed by atoms with E-state index in [1.807, 2.05) is 23.6 Å². The maximum atomic E-state index is 12.3. The molecule has 0 saturated carbocycles. The fraction of sp³-hybridized carbons (Fsp3) is 0.250. The molecule has 122 valence electrons. The van der Waals surface area contributed by atoms with Gasteiger partial charge in [0.25, 0.3) is 5.91 Å². The highest BCUT2D eigenvalue weighted by atomic mass is 32.1. The van der Waals surface area contributed by atoms with Crippen LogP contribution >= 0.6 is 11.3 Å². The van der Waals surface area contributed by atoms with Crippen molar-refractivity contribution >= 4 is 29.0 Å². The maximum Gasteiger partial charge on any atom is 0.259 e. The van der Waals surface area contributed by atoms with Gasteiger partial charge in [-0.25, -0.2) is 4.98 Å². The second-order valence-corrected chi connectivity index (χ2v) is 6.49. The summed E-state index contributed by atoms with van der Waals surface area (Å²) in [4.78, 5) is 24.2. The molecule has 0 unspecified atom stereocenters. The number of hydrogen-bond acceptors (Lipinski definition) is 6. The van der Waals surface area contributed by atoms with E-state index >= 15 is 0 Å². The Morgan fingerprint density at radius 3 is 2.83 bits per heavy atom. The van der Waals surface area contributed by atoms with Crippen molar-refractivity contribution < 1.29 is 4.79 Å². The van der Waals surface area contributed by atoms with Gasteiger partial charge in [0.15, 0.2) is 5.82 Å². The molecule has 3 aromatic rings. The molecule has 0 atom stereocenters. The number of carbonyl (C=O) groups excluding carboxylic acids is 1. The zero-order chi connectivity index (χ0) is 16.4. The Morgan fingerprint density at radius 1 is 1.25 bits per heavy atom. The lowest BCUT2D eigenvalue weighted by atomic mass is 10.2. The van der Waals surface area contributed by atoms with Crippen LogP contribution in [0.1, 0.15) is 23.2 Å². The van der Waals surface area contributed by atoms with E-state index in [1.54, 1.807) is 23.6 Å². The van der Waals surface area contributed by atoms with Crippen molar-refractivity contribution in [2.75, 3.05) is 23.3 Å². The third-order valence-corrected chi connectivity index (χ3v) is 4.78. The number of anilines is 2. The molecule has 1 aliphatic rings. The van der Waals surface area contributed by atoms with E-state index in [0.717, 1.165) is 23.8 Å². The predicted molar refractivity (Wildman–Crippen MR) is 93.3 cm³/mol. The summed E-state index contributed by atoms with van der Waals surface area (Å²) in [7, 11) is 0. The first-order chi connectivity index (χ1) is 11.8. The minimum Gasteiger partial charge on any atom is -0.357 e. The molecule has 0 aliphatic carbocycles. The molecule has 2 N–H and O–H groups in total. The molecule has 3 aromatic heterocycles. The van der Waals surface area contributed by atoms with Gasteiger partial charge in [-0.05, 0) is 36.4 Å². The molecule has 24 heavy (non-hydrogen) atoms. The number of thiophene rings is 1. The van der Waals surface area contributed by atoms with Gasteiger partial charge in [-0.15, -0.1) is 16.4 Å². The van der Waals surface area contributed by atoms with Crippen LogP contribution in [0.4, 0.5) is 11.8 Å². The second kappa shape index (κ2) is 6.40. The summed E-state index contributed by atoms with van der Waals surface area (Å²) >= 11 is 1.56. The van der Waals surface area contributed by atoms with Crippen LogP contribution in [0.15, 0.2) is 35.8 Å². The smallest absolute Gasteiger partial charge is 0.259 e. The summed E-state index contributed by atoms with van der Waals surface area (Å²) in [5.74, 6) is 1.55. The summed E-state index contributed by atoms with van der Waals surface area (Å²) < 4.78 is 0. The molecule has 1 aliphatic heterocycles. The molecular formula is C16H16N6OS. The zero-order valence-electron chi connectivity index (χ0n) is 12.9. The second-order valence-electron chi connectivity index (χ2n) is 5.54. The van der Waals surface area contributed by atoms with E-state index in [-0.39, 0.29) is 11.9 Å². The predicted octanol–water partition coefficient (Wildman–Crippen LogP) is 2.78. The van der Waals surface area contributed by atoms with Gasteiger partial charge < -0.3 is 4.90 Å². The Balaban J connectivity index is 1.44. The number of aromatic nitrogens is 4. The summed E-state index contributed by atoms with van der Waals surface area (Å²) in [6, 6.07) is 7.55. The topological polar surface area (TPSA) is 86.8 Å². The number of nitrogens with zero attached hydrogens (tertiary/aromatic N) is 4. The van der Waals surface area contributed by atoms with Crippen molar-refractivity contribution in [3.63, 3.8) is 0 Å². The van der Waals surface area contributed by atoms with E-state index in [0.29, 0.717) is 11.4 Å². The van der Waals surface area contributed by atoms with E-state index in [2.05, 4.69) is 30.4 Å². The molecule has 4 rings (SSSR count). The van der Waals surface area contributed by atoms with Crippen LogP contribution in [0, 0.1) is 0 Å². The van der Waals surface area contributed by atoms with Gasteiger partial charge in [0.1, 0.15) is 5.82 Å². The third-order valence-electron chi connectivity index (χ3n) is 3.91. The highest BCUT2D eigenvalue weighted by molar-refractivity contribution is 7.13. The Kier molecular flexibility index (Phi) is 3.96. The van der Waals surface area contributed by atoms with Crippen LogP contribution in [-0.2, 0) is 0 Å². The highest BCUT2D eigenvalue weighted by Crippen LogP contribution is 2.21. The lowest BCUT2D eigenvalue weighted by Crippen LogP contribution is -2.19. The number of pyridine rings is 1. The van der Waals surface area contributed by atoms with Gasteiger partial charge in [-0.3, -0.25) is 15.2 Å². The lowest BCUT2D eigenvalue weighted by molar-refractivity contribution is 0.102. The Labute approximate surface area is 142 Å². The zero-order valence-corrected chi connectivity index (χ0v) is 13.7. The standard InChI is InChI=1S/C16H16N6OS/c23-15(11-5-6-13(17-10-11)22-7-1-2-8-22)19-16-18-14(20-21-16)12-4-3-9-24-12/h3-6,9-10H,1-2,7-8H2,(H2,18,19,20,21,23). The van der Waals surface area contributed by atoms with Crippen molar-refractivity contribution in [1.29, 1.82) is 0 Å². The first-order valence-electron chi connectivity index (χ1n) is 7.78. The largest absolute Gasteiger partial charge is 0.357 e. The number of hydrogen-bond donors (Lipinski definition) is 2. The summed E-state index contributed by atoms with van der Waals surface area (Å²) in [6.07, 6.45) is 3.98. The van der Waals surface area contributed by atoms with Crippen molar-refractivity contribution in [3.05, 3.63) is 41.4 Å². The molecule has 1 saturated heterocycles. The molecule has 0 spiro atoms. The number of carbonyl (C=O) groups is 1. The highest BCUT2D eigenvalue weighted by Gasteiger charge is 2.15. The van der Waals surface area contributed by atoms with Gasteiger partial charge in [-0.2, -0.15) is 4.98 Å². The number of H-pyrrole nitrogens is 1. The number of rotatable bonds is 4. The van der Waals surface area contributed by atoms with Gasteiger partial charge >= 0.3 is 0 Å². The van der Waals surface area contributed by atoms with Gasteiger partial charge in [-0.1, -0.05) is 6.07 Å². The Bertz CT molecular complexity index is 821. The van der Waals surface area contributed by atoms with Crippen molar-refractivity contribution in [3.8, 4) is 10.7 Å². The molecule has 1 amide bonds. The van der Waals surface area contributed by atoms with Crippen molar-refractivity contribution in [2.45, 2.75) is 12.8 Å². The molecule has 0 bridgehead atoms.